The topological polar surface area (TPSA) is 67.4 Å². The highest BCUT2D eigenvalue weighted by Gasteiger charge is 2.10. The number of benzene rings is 3. The van der Waals surface area contributed by atoms with E-state index in [9.17, 15) is 9.59 Å². The van der Waals surface area contributed by atoms with E-state index < -0.39 is 0 Å². The lowest BCUT2D eigenvalue weighted by atomic mass is 10.1. The smallest absolute Gasteiger partial charge is 0.251 e. The van der Waals surface area contributed by atoms with Gasteiger partial charge in [0.05, 0.1) is 7.11 Å². The lowest BCUT2D eigenvalue weighted by Crippen LogP contribution is -2.27. The maximum atomic E-state index is 12.4. The molecule has 0 saturated carbocycles. The zero-order chi connectivity index (χ0) is 20.5. The lowest BCUT2D eigenvalue weighted by molar-refractivity contribution is 0.0950. The van der Waals surface area contributed by atoms with Crippen molar-refractivity contribution in [2.45, 2.75) is 13.0 Å². The Labute approximate surface area is 170 Å². The molecule has 0 fully saturated rings. The molecule has 3 aromatic rings. The van der Waals surface area contributed by atoms with Gasteiger partial charge in [0, 0.05) is 24.2 Å². The van der Waals surface area contributed by atoms with Crippen LogP contribution in [0, 0.1) is 0 Å². The molecule has 0 heterocycles. The first-order valence-corrected chi connectivity index (χ1v) is 9.49. The number of methoxy groups -OCH3 is 1. The number of carbonyl (C=O) groups excluding carboxylic acids is 2. The van der Waals surface area contributed by atoms with E-state index in [0.29, 0.717) is 30.6 Å². The van der Waals surface area contributed by atoms with Crippen molar-refractivity contribution in [1.29, 1.82) is 0 Å². The molecule has 5 nitrogen and oxygen atoms in total. The first kappa shape index (κ1) is 20.1. The first-order chi connectivity index (χ1) is 14.2. The SMILES string of the molecule is COc1cccc(CCNC(=O)c2cccc(C(=O)NCc3ccccc3)c2)c1. The monoisotopic (exact) mass is 388 g/mol. The lowest BCUT2D eigenvalue weighted by Gasteiger charge is -2.09. The van der Waals surface area contributed by atoms with Gasteiger partial charge in [-0.3, -0.25) is 9.59 Å². The van der Waals surface area contributed by atoms with Crippen molar-refractivity contribution >= 4 is 11.8 Å². The van der Waals surface area contributed by atoms with Gasteiger partial charge in [0.2, 0.25) is 0 Å². The van der Waals surface area contributed by atoms with Crippen LogP contribution in [-0.4, -0.2) is 25.5 Å². The molecule has 0 spiro atoms. The van der Waals surface area contributed by atoms with Crippen molar-refractivity contribution < 1.29 is 14.3 Å². The Morgan fingerprint density at radius 2 is 1.41 bits per heavy atom. The fourth-order valence-corrected chi connectivity index (χ4v) is 2.93. The number of rotatable bonds is 8. The highest BCUT2D eigenvalue weighted by Crippen LogP contribution is 2.13. The molecule has 148 valence electrons. The molecular formula is C24H24N2O3. The predicted octanol–water partition coefficient (Wildman–Crippen LogP) is 3.60. The molecule has 0 atom stereocenters. The summed E-state index contributed by atoms with van der Waals surface area (Å²) in [5, 5.41) is 5.77. The van der Waals surface area contributed by atoms with Gasteiger partial charge in [-0.2, -0.15) is 0 Å². The van der Waals surface area contributed by atoms with Crippen molar-refractivity contribution in [2.24, 2.45) is 0 Å². The third-order valence-electron chi connectivity index (χ3n) is 4.52. The second-order valence-corrected chi connectivity index (χ2v) is 6.61. The molecule has 0 aliphatic carbocycles. The van der Waals surface area contributed by atoms with Crippen molar-refractivity contribution in [1.82, 2.24) is 10.6 Å². The fourth-order valence-electron chi connectivity index (χ4n) is 2.93. The Morgan fingerprint density at radius 3 is 2.14 bits per heavy atom. The van der Waals surface area contributed by atoms with E-state index in [1.54, 1.807) is 31.4 Å². The number of hydrogen-bond donors (Lipinski definition) is 2. The second-order valence-electron chi connectivity index (χ2n) is 6.61. The Hall–Kier alpha value is -3.60. The zero-order valence-corrected chi connectivity index (χ0v) is 16.4. The van der Waals surface area contributed by atoms with Crippen LogP contribution >= 0.6 is 0 Å². The summed E-state index contributed by atoms with van der Waals surface area (Å²) in [5.74, 6) is 0.383. The molecule has 3 rings (SSSR count). The third-order valence-corrected chi connectivity index (χ3v) is 4.52. The van der Waals surface area contributed by atoms with E-state index >= 15 is 0 Å². The summed E-state index contributed by atoms with van der Waals surface area (Å²) >= 11 is 0. The molecule has 2 N–H and O–H groups in total. The molecule has 0 unspecified atom stereocenters. The minimum absolute atomic E-state index is 0.203. The minimum atomic E-state index is -0.208. The highest BCUT2D eigenvalue weighted by molar-refractivity contribution is 5.99. The molecule has 0 aromatic heterocycles. The average molecular weight is 388 g/mol. The van der Waals surface area contributed by atoms with E-state index in [2.05, 4.69) is 10.6 Å². The van der Waals surface area contributed by atoms with Gasteiger partial charge in [0.15, 0.2) is 0 Å². The van der Waals surface area contributed by atoms with Crippen LogP contribution < -0.4 is 15.4 Å². The summed E-state index contributed by atoms with van der Waals surface area (Å²) in [5.41, 5.74) is 3.02. The molecule has 0 bridgehead atoms. The Balaban J connectivity index is 1.53. The maximum absolute atomic E-state index is 12.4. The van der Waals surface area contributed by atoms with Crippen LogP contribution in [0.15, 0.2) is 78.9 Å². The number of nitrogens with one attached hydrogen (secondary N) is 2. The van der Waals surface area contributed by atoms with Crippen LogP contribution in [0.2, 0.25) is 0 Å². The van der Waals surface area contributed by atoms with E-state index in [4.69, 9.17) is 4.74 Å². The van der Waals surface area contributed by atoms with E-state index in [0.717, 1.165) is 16.9 Å². The summed E-state index contributed by atoms with van der Waals surface area (Å²) in [6.07, 6.45) is 0.695. The first-order valence-electron chi connectivity index (χ1n) is 9.49. The quantitative estimate of drug-likeness (QED) is 0.620. The molecule has 29 heavy (non-hydrogen) atoms. The molecule has 3 aromatic carbocycles. The summed E-state index contributed by atoms with van der Waals surface area (Å²) in [6, 6.07) is 24.2. The van der Waals surface area contributed by atoms with Gasteiger partial charge in [-0.25, -0.2) is 0 Å². The molecule has 0 radical (unpaired) electrons. The molecular weight excluding hydrogens is 364 g/mol. The van der Waals surface area contributed by atoms with E-state index in [1.807, 2.05) is 54.6 Å². The molecule has 5 heteroatoms. The number of hydrogen-bond acceptors (Lipinski definition) is 3. The Kier molecular flexibility index (Phi) is 7.00. The van der Waals surface area contributed by atoms with Crippen molar-refractivity contribution in [2.75, 3.05) is 13.7 Å². The zero-order valence-electron chi connectivity index (χ0n) is 16.4. The van der Waals surface area contributed by atoms with Gasteiger partial charge in [-0.05, 0) is 47.9 Å². The molecule has 2 amide bonds. The van der Waals surface area contributed by atoms with Crippen LogP contribution in [0.3, 0.4) is 0 Å². The van der Waals surface area contributed by atoms with E-state index in [-0.39, 0.29) is 11.8 Å². The largest absolute Gasteiger partial charge is 0.497 e. The molecule has 0 saturated heterocycles. The number of ether oxygens (including phenoxy) is 1. The predicted molar refractivity (Wildman–Crippen MR) is 113 cm³/mol. The average Bonchev–Trinajstić information content (AvgIpc) is 2.78. The normalized spacial score (nSPS) is 10.2. The van der Waals surface area contributed by atoms with Gasteiger partial charge in [-0.1, -0.05) is 48.5 Å². The van der Waals surface area contributed by atoms with Gasteiger partial charge in [-0.15, -0.1) is 0 Å². The molecule has 0 aliphatic heterocycles. The highest BCUT2D eigenvalue weighted by atomic mass is 16.5. The van der Waals surface area contributed by atoms with Crippen molar-refractivity contribution in [3.63, 3.8) is 0 Å². The number of carbonyl (C=O) groups is 2. The Bertz CT molecular complexity index is 971. The summed E-state index contributed by atoms with van der Waals surface area (Å²) in [7, 11) is 1.63. The van der Waals surface area contributed by atoms with Crippen LogP contribution in [0.4, 0.5) is 0 Å². The minimum Gasteiger partial charge on any atom is -0.497 e. The molecule has 0 aliphatic rings. The Morgan fingerprint density at radius 1 is 0.759 bits per heavy atom. The summed E-state index contributed by atoms with van der Waals surface area (Å²) in [4.78, 5) is 24.8. The van der Waals surface area contributed by atoms with Crippen LogP contribution in [-0.2, 0) is 13.0 Å². The maximum Gasteiger partial charge on any atom is 0.251 e. The summed E-state index contributed by atoms with van der Waals surface area (Å²) < 4.78 is 5.21. The van der Waals surface area contributed by atoms with Gasteiger partial charge < -0.3 is 15.4 Å². The van der Waals surface area contributed by atoms with Crippen molar-refractivity contribution in [3.8, 4) is 5.75 Å². The van der Waals surface area contributed by atoms with Gasteiger partial charge >= 0.3 is 0 Å². The number of amides is 2. The standard InChI is InChI=1S/C24H24N2O3/c1-29-22-12-5-9-18(15-22)13-14-25-23(27)20-10-6-11-21(16-20)24(28)26-17-19-7-3-2-4-8-19/h2-12,15-16H,13-14,17H2,1H3,(H,25,27)(H,26,28). The van der Waals surface area contributed by atoms with Gasteiger partial charge in [0.1, 0.15) is 5.75 Å². The van der Waals surface area contributed by atoms with Crippen molar-refractivity contribution in [3.05, 3.63) is 101 Å². The van der Waals surface area contributed by atoms with Crippen LogP contribution in [0.5, 0.6) is 5.75 Å². The van der Waals surface area contributed by atoms with Crippen LogP contribution in [0.25, 0.3) is 0 Å². The van der Waals surface area contributed by atoms with Crippen LogP contribution in [0.1, 0.15) is 31.8 Å². The van der Waals surface area contributed by atoms with Gasteiger partial charge in [0.25, 0.3) is 11.8 Å². The fraction of sp³-hybridized carbons (Fsp3) is 0.167. The summed E-state index contributed by atoms with van der Waals surface area (Å²) in [6.45, 7) is 0.938. The third kappa shape index (κ3) is 5.94. The van der Waals surface area contributed by atoms with E-state index in [1.165, 1.54) is 0 Å². The second kappa shape index (κ2) is 10.1.